The molecule has 1 aromatic rings. The molecule has 1 unspecified atom stereocenters. The maximum atomic E-state index is 13.6. The zero-order valence-electron chi connectivity index (χ0n) is 10.4. The van der Waals surface area contributed by atoms with E-state index in [1.54, 1.807) is 6.92 Å². The molecule has 7 heteroatoms. The molecular weight excluding hydrogens is 251 g/mol. The third-order valence-corrected chi connectivity index (χ3v) is 3.15. The highest BCUT2D eigenvalue weighted by Gasteiger charge is 2.31. The Morgan fingerprint density at radius 1 is 1.58 bits per heavy atom. The first-order chi connectivity index (χ1) is 9.06. The van der Waals surface area contributed by atoms with Crippen molar-refractivity contribution in [2.45, 2.75) is 13.0 Å². The second-order valence-electron chi connectivity index (χ2n) is 4.27. The van der Waals surface area contributed by atoms with E-state index in [-0.39, 0.29) is 17.2 Å². The van der Waals surface area contributed by atoms with Gasteiger partial charge in [0.15, 0.2) is 0 Å². The molecule has 6 nitrogen and oxygen atoms in total. The number of nitrogens with one attached hydrogen (secondary N) is 2. The maximum absolute atomic E-state index is 13.6. The van der Waals surface area contributed by atoms with Gasteiger partial charge in [-0.2, -0.15) is 0 Å². The largest absolute Gasteiger partial charge is 0.353 e. The number of benzene rings is 1. The van der Waals surface area contributed by atoms with E-state index in [1.807, 2.05) is 0 Å². The summed E-state index contributed by atoms with van der Waals surface area (Å²) in [5, 5.41) is 2.66. The van der Waals surface area contributed by atoms with E-state index in [0.29, 0.717) is 13.1 Å². The second kappa shape index (κ2) is 5.23. The van der Waals surface area contributed by atoms with Crippen molar-refractivity contribution in [3.8, 4) is 0 Å². The summed E-state index contributed by atoms with van der Waals surface area (Å²) in [5.41, 5.74) is 2.24. The van der Waals surface area contributed by atoms with Gasteiger partial charge in [-0.25, -0.2) is 4.39 Å². The average molecular weight is 266 g/mol. The number of para-hydroxylation sites is 1. The molecule has 1 saturated heterocycles. The first kappa shape index (κ1) is 13.3. The van der Waals surface area contributed by atoms with Crippen molar-refractivity contribution >= 4 is 17.5 Å². The normalized spacial score (nSPS) is 19.0. The monoisotopic (exact) mass is 266 g/mol. The maximum Gasteiger partial charge on any atom is 0.256 e. The molecule has 2 amide bonds. The molecule has 1 fully saturated rings. The number of carbonyl (C=O) groups is 2. The number of nitrogen functional groups attached to an aromatic ring is 1. The molecule has 0 aromatic heterocycles. The number of hydrogen-bond acceptors (Lipinski definition) is 4. The van der Waals surface area contributed by atoms with Gasteiger partial charge in [-0.3, -0.25) is 15.4 Å². The Labute approximate surface area is 109 Å². The Hall–Kier alpha value is -2.15. The molecule has 0 spiro atoms. The van der Waals surface area contributed by atoms with Crippen molar-refractivity contribution in [2.24, 2.45) is 5.84 Å². The van der Waals surface area contributed by atoms with Gasteiger partial charge < -0.3 is 15.6 Å². The minimum Gasteiger partial charge on any atom is -0.353 e. The van der Waals surface area contributed by atoms with Gasteiger partial charge in [-0.1, -0.05) is 6.07 Å². The molecule has 0 radical (unpaired) electrons. The third kappa shape index (κ3) is 2.37. The summed E-state index contributed by atoms with van der Waals surface area (Å²) in [6.45, 7) is 2.39. The number of hydrazine groups is 1. The lowest BCUT2D eigenvalue weighted by atomic mass is 10.1. The number of hydrogen-bond donors (Lipinski definition) is 3. The Balaban J connectivity index is 2.34. The van der Waals surface area contributed by atoms with Crippen LogP contribution in [0.3, 0.4) is 0 Å². The number of rotatable bonds is 2. The fourth-order valence-electron chi connectivity index (χ4n) is 2.06. The van der Waals surface area contributed by atoms with Crippen molar-refractivity contribution in [3.05, 3.63) is 29.6 Å². The van der Waals surface area contributed by atoms with E-state index >= 15 is 0 Å². The van der Waals surface area contributed by atoms with Crippen LogP contribution in [0, 0.1) is 5.82 Å². The summed E-state index contributed by atoms with van der Waals surface area (Å²) < 4.78 is 13.6. The van der Waals surface area contributed by atoms with Crippen LogP contribution in [0.4, 0.5) is 10.1 Å². The molecule has 0 aliphatic carbocycles. The molecule has 19 heavy (non-hydrogen) atoms. The highest BCUT2D eigenvalue weighted by Crippen LogP contribution is 2.21. The summed E-state index contributed by atoms with van der Waals surface area (Å²) in [7, 11) is 0. The van der Waals surface area contributed by atoms with Gasteiger partial charge in [-0.15, -0.1) is 0 Å². The second-order valence-corrected chi connectivity index (χ2v) is 4.27. The van der Waals surface area contributed by atoms with Crippen LogP contribution in [-0.4, -0.2) is 35.8 Å². The van der Waals surface area contributed by atoms with Crippen LogP contribution in [0.1, 0.15) is 17.3 Å². The smallest absolute Gasteiger partial charge is 0.256 e. The van der Waals surface area contributed by atoms with Crippen LogP contribution >= 0.6 is 0 Å². The van der Waals surface area contributed by atoms with Gasteiger partial charge in [0.25, 0.3) is 5.91 Å². The Morgan fingerprint density at radius 2 is 2.32 bits per heavy atom. The lowest BCUT2D eigenvalue weighted by Crippen LogP contribution is -2.55. The van der Waals surface area contributed by atoms with Gasteiger partial charge in [0.05, 0.1) is 11.3 Å². The Bertz CT molecular complexity index is 520. The number of amides is 2. The average Bonchev–Trinajstić information content (AvgIpc) is 2.41. The minimum absolute atomic E-state index is 0.0642. The van der Waals surface area contributed by atoms with Crippen LogP contribution in [0.25, 0.3) is 0 Å². The molecule has 1 aliphatic heterocycles. The van der Waals surface area contributed by atoms with E-state index in [0.717, 1.165) is 0 Å². The van der Waals surface area contributed by atoms with Crippen molar-refractivity contribution in [1.82, 2.24) is 10.2 Å². The fraction of sp³-hybridized carbons (Fsp3) is 0.333. The van der Waals surface area contributed by atoms with Crippen LogP contribution in [0.15, 0.2) is 18.2 Å². The molecule has 0 saturated carbocycles. The predicted molar refractivity (Wildman–Crippen MR) is 67.7 cm³/mol. The molecule has 0 bridgehead atoms. The van der Waals surface area contributed by atoms with Crippen LogP contribution in [0.5, 0.6) is 0 Å². The highest BCUT2D eigenvalue weighted by atomic mass is 19.1. The molecule has 1 heterocycles. The minimum atomic E-state index is -0.609. The van der Waals surface area contributed by atoms with Crippen molar-refractivity contribution in [2.75, 3.05) is 18.5 Å². The highest BCUT2D eigenvalue weighted by molar-refractivity contribution is 6.02. The fourth-order valence-corrected chi connectivity index (χ4v) is 2.06. The number of piperazine rings is 1. The van der Waals surface area contributed by atoms with Crippen molar-refractivity contribution < 1.29 is 14.0 Å². The lowest BCUT2D eigenvalue weighted by molar-refractivity contribution is -0.127. The van der Waals surface area contributed by atoms with E-state index in [4.69, 9.17) is 5.84 Å². The standard InChI is InChI=1S/C12H15FN4O2/c1-7-11(18)15-5-6-17(7)12(19)8-3-2-4-9(13)10(8)16-14/h2-4,7,16H,5-6,14H2,1H3,(H,15,18). The van der Waals surface area contributed by atoms with Gasteiger partial charge >= 0.3 is 0 Å². The predicted octanol–water partition coefficient (Wildman–Crippen LogP) is 0.0718. The molecule has 1 atom stereocenters. The van der Waals surface area contributed by atoms with Gasteiger partial charge in [0, 0.05) is 13.1 Å². The van der Waals surface area contributed by atoms with E-state index < -0.39 is 17.8 Å². The van der Waals surface area contributed by atoms with E-state index in [2.05, 4.69) is 10.7 Å². The first-order valence-electron chi connectivity index (χ1n) is 5.90. The Morgan fingerprint density at radius 3 is 3.00 bits per heavy atom. The number of anilines is 1. The first-order valence-corrected chi connectivity index (χ1v) is 5.90. The van der Waals surface area contributed by atoms with Gasteiger partial charge in [-0.05, 0) is 19.1 Å². The summed E-state index contributed by atoms with van der Waals surface area (Å²) >= 11 is 0. The SMILES string of the molecule is CC1C(=O)NCCN1C(=O)c1cccc(F)c1NN. The number of halogens is 1. The summed E-state index contributed by atoms with van der Waals surface area (Å²) in [6, 6.07) is 3.52. The van der Waals surface area contributed by atoms with Gasteiger partial charge in [0.1, 0.15) is 11.9 Å². The molecule has 102 valence electrons. The molecule has 1 aromatic carbocycles. The van der Waals surface area contributed by atoms with Crippen LogP contribution in [-0.2, 0) is 4.79 Å². The molecular formula is C12H15FN4O2. The van der Waals surface area contributed by atoms with Crippen LogP contribution < -0.4 is 16.6 Å². The zero-order valence-corrected chi connectivity index (χ0v) is 10.4. The van der Waals surface area contributed by atoms with Crippen molar-refractivity contribution in [3.63, 3.8) is 0 Å². The summed E-state index contributed by atoms with van der Waals surface area (Å²) in [4.78, 5) is 25.3. The molecule has 1 aliphatic rings. The lowest BCUT2D eigenvalue weighted by Gasteiger charge is -2.33. The van der Waals surface area contributed by atoms with Crippen molar-refractivity contribution in [1.29, 1.82) is 0 Å². The van der Waals surface area contributed by atoms with E-state index in [9.17, 15) is 14.0 Å². The number of nitrogens with zero attached hydrogens (tertiary/aromatic N) is 1. The number of nitrogens with two attached hydrogens (primary N) is 1. The Kier molecular flexibility index (Phi) is 3.66. The number of carbonyl (C=O) groups excluding carboxylic acids is 2. The van der Waals surface area contributed by atoms with E-state index in [1.165, 1.54) is 23.1 Å². The zero-order chi connectivity index (χ0) is 14.0. The third-order valence-electron chi connectivity index (χ3n) is 3.15. The van der Waals surface area contributed by atoms with Crippen LogP contribution in [0.2, 0.25) is 0 Å². The quantitative estimate of drug-likeness (QED) is 0.522. The topological polar surface area (TPSA) is 87.5 Å². The van der Waals surface area contributed by atoms with Gasteiger partial charge in [0.2, 0.25) is 5.91 Å². The summed E-state index contributed by atoms with van der Waals surface area (Å²) in [6.07, 6.45) is 0. The molecule has 2 rings (SSSR count). The summed E-state index contributed by atoms with van der Waals surface area (Å²) in [5.74, 6) is 3.99. The molecule has 4 N–H and O–H groups in total.